The fourth-order valence-electron chi connectivity index (χ4n) is 1.34. The van der Waals surface area contributed by atoms with Gasteiger partial charge in [0, 0.05) is 14.2 Å². The van der Waals surface area contributed by atoms with E-state index in [1.165, 1.54) is 19.3 Å². The molecule has 1 rings (SSSR count). The summed E-state index contributed by atoms with van der Waals surface area (Å²) >= 11 is 0. The lowest BCUT2D eigenvalue weighted by Crippen LogP contribution is -2.35. The normalized spacial score (nSPS) is 21.9. The first kappa shape index (κ1) is 11.2. The van der Waals surface area contributed by atoms with Gasteiger partial charge in [0.2, 0.25) is 0 Å². The van der Waals surface area contributed by atoms with Crippen molar-refractivity contribution in [1.29, 1.82) is 0 Å². The van der Waals surface area contributed by atoms with Gasteiger partial charge in [-0.3, -0.25) is 0 Å². The summed E-state index contributed by atoms with van der Waals surface area (Å²) in [6.45, 7) is 3.09. The van der Waals surface area contributed by atoms with Crippen molar-refractivity contribution in [1.82, 2.24) is 0 Å². The smallest absolute Gasteiger partial charge is 0.334 e. The van der Waals surface area contributed by atoms with Gasteiger partial charge in [0.15, 0.2) is 0 Å². The van der Waals surface area contributed by atoms with Crippen LogP contribution in [0.3, 0.4) is 0 Å². The summed E-state index contributed by atoms with van der Waals surface area (Å²) in [6, 6.07) is 1.09. The summed E-state index contributed by atoms with van der Waals surface area (Å²) < 4.78 is 15.9. The minimum Gasteiger partial charge on any atom is -0.398 e. The molecule has 1 heterocycles. The van der Waals surface area contributed by atoms with E-state index >= 15 is 0 Å². The van der Waals surface area contributed by atoms with E-state index in [1.807, 2.05) is 0 Å². The maximum Gasteiger partial charge on any atom is 0.334 e. The standard InChI is InChI=1S/C9H20O3Si/c1-10-13(3,11-2)7-5-4-6-9-8-12-9/h9H,4-8H2,1-3H3. The number of epoxide rings is 1. The van der Waals surface area contributed by atoms with Crippen molar-refractivity contribution in [2.75, 3.05) is 20.8 Å². The van der Waals surface area contributed by atoms with Crippen LogP contribution >= 0.6 is 0 Å². The van der Waals surface area contributed by atoms with Crippen LogP contribution in [0.1, 0.15) is 19.3 Å². The molecule has 0 spiro atoms. The Hall–Kier alpha value is 0.0969. The van der Waals surface area contributed by atoms with E-state index in [9.17, 15) is 0 Å². The average molecular weight is 204 g/mol. The number of ether oxygens (including phenoxy) is 1. The Bertz CT molecular complexity index is 144. The lowest BCUT2D eigenvalue weighted by molar-refractivity contribution is 0.248. The molecule has 0 radical (unpaired) electrons. The Labute approximate surface area is 81.6 Å². The highest BCUT2D eigenvalue weighted by molar-refractivity contribution is 6.65. The van der Waals surface area contributed by atoms with E-state index in [0.29, 0.717) is 6.10 Å². The zero-order valence-corrected chi connectivity index (χ0v) is 9.84. The van der Waals surface area contributed by atoms with Gasteiger partial charge >= 0.3 is 8.56 Å². The lowest BCUT2D eigenvalue weighted by Gasteiger charge is -2.22. The summed E-state index contributed by atoms with van der Waals surface area (Å²) in [5.74, 6) is 0. The van der Waals surface area contributed by atoms with Crippen LogP contribution in [0.5, 0.6) is 0 Å². The summed E-state index contributed by atoms with van der Waals surface area (Å²) in [7, 11) is 1.71. The Morgan fingerprint density at radius 2 is 1.92 bits per heavy atom. The second kappa shape index (κ2) is 5.10. The number of rotatable bonds is 7. The molecule has 1 aliphatic rings. The summed E-state index contributed by atoms with van der Waals surface area (Å²) in [6.07, 6.45) is 4.21. The molecule has 0 aromatic carbocycles. The highest BCUT2D eigenvalue weighted by Crippen LogP contribution is 2.20. The van der Waals surface area contributed by atoms with Gasteiger partial charge < -0.3 is 13.6 Å². The molecule has 0 aromatic rings. The molecule has 0 aliphatic carbocycles. The van der Waals surface area contributed by atoms with E-state index in [1.54, 1.807) is 14.2 Å². The molecule has 1 aliphatic heterocycles. The van der Waals surface area contributed by atoms with Crippen LogP contribution in [0.2, 0.25) is 12.6 Å². The van der Waals surface area contributed by atoms with Gasteiger partial charge in [-0.1, -0.05) is 12.8 Å². The highest BCUT2D eigenvalue weighted by Gasteiger charge is 2.28. The van der Waals surface area contributed by atoms with Gasteiger partial charge in [-0.2, -0.15) is 0 Å². The molecular formula is C9H20O3Si. The fourth-order valence-corrected chi connectivity index (χ4v) is 2.81. The summed E-state index contributed by atoms with van der Waals surface area (Å²) in [4.78, 5) is 0. The molecule has 78 valence electrons. The zero-order valence-electron chi connectivity index (χ0n) is 8.84. The molecule has 0 N–H and O–H groups in total. The largest absolute Gasteiger partial charge is 0.398 e. The van der Waals surface area contributed by atoms with Crippen LogP contribution in [0.4, 0.5) is 0 Å². The minimum atomic E-state index is -1.79. The summed E-state index contributed by atoms with van der Waals surface area (Å²) in [5, 5.41) is 0. The van der Waals surface area contributed by atoms with Crippen molar-refractivity contribution in [3.05, 3.63) is 0 Å². The van der Waals surface area contributed by atoms with Crippen LogP contribution in [0, 0.1) is 0 Å². The van der Waals surface area contributed by atoms with Crippen molar-refractivity contribution >= 4 is 8.56 Å². The molecule has 4 heteroatoms. The van der Waals surface area contributed by atoms with Gasteiger partial charge in [-0.15, -0.1) is 0 Å². The van der Waals surface area contributed by atoms with Crippen LogP contribution in [0.25, 0.3) is 0 Å². The van der Waals surface area contributed by atoms with Crippen molar-refractivity contribution in [3.63, 3.8) is 0 Å². The Kier molecular flexibility index (Phi) is 4.38. The molecule has 1 atom stereocenters. The van der Waals surface area contributed by atoms with E-state index < -0.39 is 8.56 Å². The number of hydrogen-bond acceptors (Lipinski definition) is 3. The lowest BCUT2D eigenvalue weighted by atomic mass is 10.2. The molecule has 0 saturated carbocycles. The second-order valence-corrected chi connectivity index (χ2v) is 7.33. The van der Waals surface area contributed by atoms with E-state index in [4.69, 9.17) is 13.6 Å². The van der Waals surface area contributed by atoms with Crippen molar-refractivity contribution in [2.45, 2.75) is 38.0 Å². The average Bonchev–Trinajstić information content (AvgIpc) is 2.96. The van der Waals surface area contributed by atoms with Gasteiger partial charge in [-0.25, -0.2) is 0 Å². The Morgan fingerprint density at radius 1 is 1.31 bits per heavy atom. The first-order valence-electron chi connectivity index (χ1n) is 4.92. The van der Waals surface area contributed by atoms with Crippen molar-refractivity contribution in [3.8, 4) is 0 Å². The van der Waals surface area contributed by atoms with E-state index in [0.717, 1.165) is 12.7 Å². The first-order valence-corrected chi connectivity index (χ1v) is 7.44. The summed E-state index contributed by atoms with van der Waals surface area (Å²) in [5.41, 5.74) is 0. The van der Waals surface area contributed by atoms with Crippen LogP contribution in [-0.2, 0) is 13.6 Å². The number of hydrogen-bond donors (Lipinski definition) is 0. The van der Waals surface area contributed by atoms with Crippen LogP contribution in [-0.4, -0.2) is 35.5 Å². The third kappa shape index (κ3) is 4.22. The van der Waals surface area contributed by atoms with Gasteiger partial charge in [-0.05, 0) is 19.0 Å². The first-order chi connectivity index (χ1) is 6.20. The Balaban J connectivity index is 2.01. The predicted molar refractivity (Wildman–Crippen MR) is 54.0 cm³/mol. The maximum atomic E-state index is 5.40. The van der Waals surface area contributed by atoms with E-state index in [-0.39, 0.29) is 0 Å². The predicted octanol–water partition coefficient (Wildman–Crippen LogP) is 1.92. The molecule has 13 heavy (non-hydrogen) atoms. The van der Waals surface area contributed by atoms with Crippen molar-refractivity contribution < 1.29 is 13.6 Å². The minimum absolute atomic E-state index is 0.568. The molecule has 0 bridgehead atoms. The van der Waals surface area contributed by atoms with Crippen LogP contribution in [0.15, 0.2) is 0 Å². The van der Waals surface area contributed by atoms with Crippen LogP contribution < -0.4 is 0 Å². The maximum absolute atomic E-state index is 5.40. The van der Waals surface area contributed by atoms with E-state index in [2.05, 4.69) is 6.55 Å². The fraction of sp³-hybridized carbons (Fsp3) is 1.00. The third-order valence-corrected chi connectivity index (χ3v) is 5.66. The molecule has 1 unspecified atom stereocenters. The quantitative estimate of drug-likeness (QED) is 0.361. The molecule has 1 fully saturated rings. The topological polar surface area (TPSA) is 31.0 Å². The SMILES string of the molecule is CO[Si](C)(CCCCC1CO1)OC. The van der Waals surface area contributed by atoms with Gasteiger partial charge in [0.05, 0.1) is 12.7 Å². The zero-order chi connectivity index (χ0) is 9.73. The molecule has 3 nitrogen and oxygen atoms in total. The van der Waals surface area contributed by atoms with Crippen molar-refractivity contribution in [2.24, 2.45) is 0 Å². The third-order valence-electron chi connectivity index (χ3n) is 2.67. The molecule has 0 amide bonds. The molecule has 1 saturated heterocycles. The number of unbranched alkanes of at least 4 members (excludes halogenated alkanes) is 1. The molecule has 0 aromatic heterocycles. The van der Waals surface area contributed by atoms with Gasteiger partial charge in [0.25, 0.3) is 0 Å². The Morgan fingerprint density at radius 3 is 2.38 bits per heavy atom. The molecular weight excluding hydrogens is 184 g/mol. The van der Waals surface area contributed by atoms with Gasteiger partial charge in [0.1, 0.15) is 0 Å². The second-order valence-electron chi connectivity index (χ2n) is 3.74. The monoisotopic (exact) mass is 204 g/mol. The highest BCUT2D eigenvalue weighted by atomic mass is 28.4.